The molecule has 1 fully saturated rings. The SMILES string of the molecule is CC(C)C[C@H]1NC(=O)[C@@H]([C@@H](C)O)NC(=O)[C@@H](CC(=O)O)NC(=O)[C@H](CO)NC(=O)[C@@H](CCCN=C(N)N)NC(=O)[C@H](N)CSSC[C@H](C(N)=O)NC1=O. The van der Waals surface area contributed by atoms with Crippen LogP contribution < -0.4 is 54.8 Å². The summed E-state index contributed by atoms with van der Waals surface area (Å²) < 4.78 is 0. The molecule has 300 valence electrons. The first-order valence-electron chi connectivity index (χ1n) is 16.4. The van der Waals surface area contributed by atoms with Crippen LogP contribution in [0.5, 0.6) is 0 Å². The number of aliphatic hydroxyl groups is 2. The van der Waals surface area contributed by atoms with Gasteiger partial charge in [0.1, 0.15) is 36.3 Å². The Morgan fingerprint density at radius 3 is 1.85 bits per heavy atom. The van der Waals surface area contributed by atoms with Crippen LogP contribution in [0.1, 0.15) is 46.5 Å². The predicted octanol–water partition coefficient (Wildman–Crippen LogP) is -5.95. The monoisotopic (exact) mass is 793 g/mol. The molecule has 53 heavy (non-hydrogen) atoms. The highest BCUT2D eigenvalue weighted by Crippen LogP contribution is 2.23. The minimum Gasteiger partial charge on any atom is -0.481 e. The van der Waals surface area contributed by atoms with Crippen LogP contribution in [-0.2, 0) is 38.4 Å². The van der Waals surface area contributed by atoms with Gasteiger partial charge >= 0.3 is 5.97 Å². The normalized spacial score (nSPS) is 26.8. The first-order chi connectivity index (χ1) is 24.8. The summed E-state index contributed by atoms with van der Waals surface area (Å²) in [6.07, 6.45) is -2.53. The molecule has 22 nitrogen and oxygen atoms in total. The van der Waals surface area contributed by atoms with Crippen LogP contribution in [0, 0.1) is 5.92 Å². The fourth-order valence-electron chi connectivity index (χ4n) is 4.58. The number of carboxylic acid groups (broad SMARTS) is 1. The molecule has 1 heterocycles. The minimum absolute atomic E-state index is 0.0383. The lowest BCUT2D eigenvalue weighted by molar-refractivity contribution is -0.142. The minimum atomic E-state index is -1.91. The summed E-state index contributed by atoms with van der Waals surface area (Å²) >= 11 is 0. The van der Waals surface area contributed by atoms with E-state index in [1.165, 1.54) is 0 Å². The predicted molar refractivity (Wildman–Crippen MR) is 194 cm³/mol. The fourth-order valence-corrected chi connectivity index (χ4v) is 6.88. The maximum absolute atomic E-state index is 13.4. The number of hydrogen-bond donors (Lipinski definition) is 13. The zero-order chi connectivity index (χ0) is 40.4. The smallest absolute Gasteiger partial charge is 0.305 e. The number of amides is 7. The summed E-state index contributed by atoms with van der Waals surface area (Å²) in [5.41, 5.74) is 22.2. The van der Waals surface area contributed by atoms with Crippen molar-refractivity contribution in [1.82, 2.24) is 31.9 Å². The Hall–Kier alpha value is -4.39. The van der Waals surface area contributed by atoms with Crippen molar-refractivity contribution in [3.8, 4) is 0 Å². The molecule has 0 spiro atoms. The van der Waals surface area contributed by atoms with E-state index in [4.69, 9.17) is 22.9 Å². The van der Waals surface area contributed by atoms with E-state index in [1.807, 2.05) is 0 Å². The second-order valence-corrected chi connectivity index (χ2v) is 15.0. The number of guanidine groups is 1. The Kier molecular flexibility index (Phi) is 20.5. The molecule has 1 aliphatic heterocycles. The van der Waals surface area contributed by atoms with Gasteiger partial charge in [-0.15, -0.1) is 0 Å². The Bertz CT molecular complexity index is 1350. The molecule has 0 radical (unpaired) electrons. The summed E-state index contributed by atoms with van der Waals surface area (Å²) in [5, 5.41) is 43.7. The zero-order valence-corrected chi connectivity index (χ0v) is 31.2. The third-order valence-corrected chi connectivity index (χ3v) is 9.82. The fraction of sp³-hybridized carbons (Fsp3) is 0.690. The van der Waals surface area contributed by atoms with E-state index in [0.717, 1.165) is 28.5 Å². The van der Waals surface area contributed by atoms with Gasteiger partial charge in [0.15, 0.2) is 5.96 Å². The average molecular weight is 794 g/mol. The van der Waals surface area contributed by atoms with Gasteiger partial charge in [-0.2, -0.15) is 0 Å². The average Bonchev–Trinajstić information content (AvgIpc) is 3.06. The first-order valence-corrected chi connectivity index (χ1v) is 18.9. The number of aliphatic imine (C=N–C) groups is 1. The molecule has 24 heteroatoms. The van der Waals surface area contributed by atoms with E-state index in [9.17, 15) is 53.7 Å². The molecule has 0 aromatic rings. The van der Waals surface area contributed by atoms with Gasteiger partial charge in [-0.25, -0.2) is 0 Å². The van der Waals surface area contributed by atoms with E-state index in [0.29, 0.717) is 0 Å². The lowest BCUT2D eigenvalue weighted by Gasteiger charge is -2.28. The molecule has 1 rings (SSSR count). The number of aliphatic hydroxyl groups excluding tert-OH is 2. The number of nitrogens with one attached hydrogen (secondary N) is 6. The molecule has 7 amide bonds. The first kappa shape index (κ1) is 46.6. The van der Waals surface area contributed by atoms with Gasteiger partial charge in [-0.1, -0.05) is 35.4 Å². The number of rotatable bonds is 11. The highest BCUT2D eigenvalue weighted by atomic mass is 33.1. The Balaban J connectivity index is 3.58. The topological polar surface area (TPSA) is 386 Å². The molecule has 0 aromatic heterocycles. The molecule has 17 N–H and O–H groups in total. The van der Waals surface area contributed by atoms with E-state index < -0.39 is 109 Å². The van der Waals surface area contributed by atoms with E-state index in [-0.39, 0.29) is 49.2 Å². The summed E-state index contributed by atoms with van der Waals surface area (Å²) in [4.78, 5) is 107. The Morgan fingerprint density at radius 1 is 0.774 bits per heavy atom. The van der Waals surface area contributed by atoms with Gasteiger partial charge in [-0.05, 0) is 32.1 Å². The van der Waals surface area contributed by atoms with Crippen molar-refractivity contribution in [2.75, 3.05) is 24.7 Å². The van der Waals surface area contributed by atoms with Crippen molar-refractivity contribution < 1.29 is 53.7 Å². The highest BCUT2D eigenvalue weighted by Gasteiger charge is 2.36. The quantitative estimate of drug-likeness (QED) is 0.0401. The number of carbonyl (C=O) groups is 8. The second kappa shape index (κ2) is 23.3. The van der Waals surface area contributed by atoms with Gasteiger partial charge < -0.3 is 70.2 Å². The van der Waals surface area contributed by atoms with Crippen LogP contribution in [-0.4, -0.2) is 142 Å². The van der Waals surface area contributed by atoms with Gasteiger partial charge in [0.25, 0.3) is 0 Å². The highest BCUT2D eigenvalue weighted by molar-refractivity contribution is 8.76. The van der Waals surface area contributed by atoms with Crippen LogP contribution in [0.2, 0.25) is 0 Å². The molecule has 1 saturated heterocycles. The van der Waals surface area contributed by atoms with Gasteiger partial charge in [0, 0.05) is 18.1 Å². The number of carboxylic acids is 1. The summed E-state index contributed by atoms with van der Waals surface area (Å²) in [6, 6.07) is -10.5. The number of hydrogen-bond acceptors (Lipinski definition) is 14. The van der Waals surface area contributed by atoms with Crippen LogP contribution in [0.25, 0.3) is 0 Å². The molecule has 8 atom stereocenters. The standard InChI is InChI=1S/C29H51N11O11S2/c1-12(2)7-16-25(48)39-19(22(31)45)11-53-52-10-14(30)23(46)35-15(5-4-6-34-29(32)33)24(47)38-18(9-41)27(50)36-17(8-20(43)44)26(49)40-21(13(3)42)28(51)37-16/h12-19,21,41-42H,4-11,30H2,1-3H3,(H2,31,45)(H,35,46)(H,36,50)(H,37,51)(H,38,47)(H,39,48)(H,40,49)(H,43,44)(H4,32,33,34)/t13-,14-,15-,16-,17-,18+,19-,21-/m1/s1. The molecular weight excluding hydrogens is 743 g/mol. The molecule has 0 aliphatic carbocycles. The van der Waals surface area contributed by atoms with Crippen LogP contribution in [0.3, 0.4) is 0 Å². The van der Waals surface area contributed by atoms with E-state index in [2.05, 4.69) is 36.9 Å². The third kappa shape index (κ3) is 17.3. The molecular formula is C29H51N11O11S2. The number of nitrogens with two attached hydrogens (primary N) is 4. The van der Waals surface area contributed by atoms with Gasteiger partial charge in [0.2, 0.25) is 41.4 Å². The lowest BCUT2D eigenvalue weighted by atomic mass is 10.0. The van der Waals surface area contributed by atoms with Gasteiger partial charge in [0.05, 0.1) is 25.2 Å². The van der Waals surface area contributed by atoms with Crippen molar-refractivity contribution in [3.05, 3.63) is 0 Å². The number of aliphatic carboxylic acids is 1. The van der Waals surface area contributed by atoms with E-state index >= 15 is 0 Å². The van der Waals surface area contributed by atoms with Crippen molar-refractivity contribution >= 4 is 74.9 Å². The largest absolute Gasteiger partial charge is 0.481 e. The van der Waals surface area contributed by atoms with Crippen LogP contribution in [0.15, 0.2) is 4.99 Å². The van der Waals surface area contributed by atoms with Crippen molar-refractivity contribution in [3.63, 3.8) is 0 Å². The number of carbonyl (C=O) groups excluding carboxylic acids is 7. The maximum atomic E-state index is 13.4. The molecule has 0 aromatic carbocycles. The van der Waals surface area contributed by atoms with Gasteiger partial charge in [-0.3, -0.25) is 43.3 Å². The summed E-state index contributed by atoms with van der Waals surface area (Å²) in [5.74, 6) is -9.13. The Labute approximate surface area is 313 Å². The van der Waals surface area contributed by atoms with Crippen LogP contribution >= 0.6 is 21.6 Å². The Morgan fingerprint density at radius 2 is 1.30 bits per heavy atom. The zero-order valence-electron chi connectivity index (χ0n) is 29.5. The summed E-state index contributed by atoms with van der Waals surface area (Å²) in [7, 11) is 2.10. The van der Waals surface area contributed by atoms with Crippen molar-refractivity contribution in [2.24, 2.45) is 33.8 Å². The second-order valence-electron chi connectivity index (χ2n) is 12.5. The van der Waals surface area contributed by atoms with Crippen molar-refractivity contribution in [2.45, 2.75) is 94.9 Å². The maximum Gasteiger partial charge on any atom is 0.305 e. The molecule has 1 aliphatic rings. The van der Waals surface area contributed by atoms with Crippen LogP contribution in [0.4, 0.5) is 0 Å². The van der Waals surface area contributed by atoms with E-state index in [1.54, 1.807) is 13.8 Å². The molecule has 0 saturated carbocycles. The number of primary amides is 1. The third-order valence-electron chi connectivity index (χ3n) is 7.37. The molecule has 0 unspecified atom stereocenters. The molecule has 0 bridgehead atoms. The lowest BCUT2D eigenvalue weighted by Crippen LogP contribution is -2.62. The van der Waals surface area contributed by atoms with Crippen molar-refractivity contribution in [1.29, 1.82) is 0 Å². The number of nitrogens with zero attached hydrogens (tertiary/aromatic N) is 1. The summed E-state index contributed by atoms with van der Waals surface area (Å²) in [6.45, 7) is 3.63.